The zero-order valence-electron chi connectivity index (χ0n) is 13.2. The van der Waals surface area contributed by atoms with Crippen LogP contribution in [0.25, 0.3) is 11.5 Å². The van der Waals surface area contributed by atoms with E-state index in [1.807, 2.05) is 30.3 Å². The van der Waals surface area contributed by atoms with E-state index < -0.39 is 0 Å². The van der Waals surface area contributed by atoms with Gasteiger partial charge in [0.1, 0.15) is 12.7 Å². The summed E-state index contributed by atoms with van der Waals surface area (Å²) in [6, 6.07) is 9.79. The zero-order chi connectivity index (χ0) is 16.2. The summed E-state index contributed by atoms with van der Waals surface area (Å²) in [5.74, 6) is 1.24. The highest BCUT2D eigenvalue weighted by molar-refractivity contribution is 5.51. The van der Waals surface area contributed by atoms with Gasteiger partial charge in [0.05, 0.1) is 25.8 Å². The average molecular weight is 326 g/mol. The molecule has 8 heteroatoms. The van der Waals surface area contributed by atoms with Crippen LogP contribution in [-0.2, 0) is 17.8 Å². The molecule has 0 aliphatic carbocycles. The Balaban J connectivity index is 1.37. The molecule has 4 rings (SSSR count). The van der Waals surface area contributed by atoms with Gasteiger partial charge in [0.15, 0.2) is 5.82 Å². The van der Waals surface area contributed by atoms with Crippen molar-refractivity contribution in [3.8, 4) is 11.5 Å². The Hall–Kier alpha value is -2.58. The molecule has 0 N–H and O–H groups in total. The minimum absolute atomic E-state index is 0.0842. The van der Waals surface area contributed by atoms with E-state index in [0.717, 1.165) is 18.7 Å². The first-order chi connectivity index (χ1) is 11.9. The predicted molar refractivity (Wildman–Crippen MR) is 84.8 cm³/mol. The summed E-state index contributed by atoms with van der Waals surface area (Å²) in [7, 11) is 0. The van der Waals surface area contributed by atoms with Gasteiger partial charge in [-0.25, -0.2) is 4.98 Å². The van der Waals surface area contributed by atoms with E-state index in [1.54, 1.807) is 11.0 Å². The zero-order valence-corrected chi connectivity index (χ0v) is 13.2. The molecule has 2 aromatic heterocycles. The minimum atomic E-state index is 0.0842. The predicted octanol–water partition coefficient (Wildman–Crippen LogP) is 1.23. The summed E-state index contributed by atoms with van der Waals surface area (Å²) in [4.78, 5) is 10.7. The monoisotopic (exact) mass is 326 g/mol. The third-order valence-electron chi connectivity index (χ3n) is 3.93. The van der Waals surface area contributed by atoms with E-state index in [1.165, 1.54) is 6.33 Å². The Morgan fingerprint density at radius 2 is 2.12 bits per heavy atom. The number of hydrogen-bond acceptors (Lipinski definition) is 7. The van der Waals surface area contributed by atoms with Crippen LogP contribution in [0.3, 0.4) is 0 Å². The van der Waals surface area contributed by atoms with Crippen LogP contribution in [-0.4, -0.2) is 55.6 Å². The van der Waals surface area contributed by atoms with Gasteiger partial charge in [0, 0.05) is 18.7 Å². The van der Waals surface area contributed by atoms with Gasteiger partial charge < -0.3 is 9.26 Å². The Kier molecular flexibility index (Phi) is 4.30. The summed E-state index contributed by atoms with van der Waals surface area (Å²) in [5, 5.41) is 8.21. The fourth-order valence-corrected chi connectivity index (χ4v) is 2.79. The van der Waals surface area contributed by atoms with Crippen LogP contribution < -0.4 is 0 Å². The number of ether oxygens (including phenoxy) is 1. The Bertz CT molecular complexity index is 758. The van der Waals surface area contributed by atoms with Crippen molar-refractivity contribution in [3.05, 3.63) is 48.8 Å². The SMILES string of the molecule is c1ccc(-c2nc(CN3CCO[C@H](Cn4cncn4)C3)no2)cc1. The third-order valence-corrected chi connectivity index (χ3v) is 3.93. The molecule has 124 valence electrons. The lowest BCUT2D eigenvalue weighted by molar-refractivity contribution is -0.0411. The number of benzene rings is 1. The van der Waals surface area contributed by atoms with Crippen LogP contribution in [0.2, 0.25) is 0 Å². The number of aromatic nitrogens is 5. The van der Waals surface area contributed by atoms with E-state index in [0.29, 0.717) is 31.4 Å². The lowest BCUT2D eigenvalue weighted by Gasteiger charge is -2.31. The van der Waals surface area contributed by atoms with Crippen molar-refractivity contribution in [2.24, 2.45) is 0 Å². The normalized spacial score (nSPS) is 18.8. The highest BCUT2D eigenvalue weighted by atomic mass is 16.5. The van der Waals surface area contributed by atoms with Crippen LogP contribution in [0.4, 0.5) is 0 Å². The van der Waals surface area contributed by atoms with Gasteiger partial charge in [0.25, 0.3) is 5.89 Å². The largest absolute Gasteiger partial charge is 0.374 e. The molecule has 1 fully saturated rings. The van der Waals surface area contributed by atoms with Crippen LogP contribution in [0.5, 0.6) is 0 Å². The van der Waals surface area contributed by atoms with E-state index in [9.17, 15) is 0 Å². The molecule has 3 heterocycles. The van der Waals surface area contributed by atoms with Gasteiger partial charge in [-0.15, -0.1) is 0 Å². The van der Waals surface area contributed by atoms with Gasteiger partial charge in [0.2, 0.25) is 0 Å². The molecule has 1 aromatic carbocycles. The smallest absolute Gasteiger partial charge is 0.257 e. The van der Waals surface area contributed by atoms with Crippen LogP contribution in [0.15, 0.2) is 47.5 Å². The molecular formula is C16H18N6O2. The lowest BCUT2D eigenvalue weighted by atomic mass is 10.2. The Labute approximate surface area is 139 Å². The Morgan fingerprint density at radius 1 is 1.21 bits per heavy atom. The molecule has 1 aliphatic heterocycles. The standard InChI is InChI=1S/C16H18N6O2/c1-2-4-13(5-3-1)16-19-15(20-24-16)10-21-6-7-23-14(8-21)9-22-12-17-11-18-22/h1-5,11-12,14H,6-10H2/t14-/m0/s1. The summed E-state index contributed by atoms with van der Waals surface area (Å²) in [6.07, 6.45) is 3.32. The van der Waals surface area contributed by atoms with E-state index in [2.05, 4.69) is 25.1 Å². The second-order valence-corrected chi connectivity index (χ2v) is 5.73. The first-order valence-corrected chi connectivity index (χ1v) is 7.91. The number of rotatable bonds is 5. The van der Waals surface area contributed by atoms with E-state index in [-0.39, 0.29) is 6.10 Å². The minimum Gasteiger partial charge on any atom is -0.374 e. The average Bonchev–Trinajstić information content (AvgIpc) is 3.28. The molecule has 1 atom stereocenters. The summed E-state index contributed by atoms with van der Waals surface area (Å²) in [5.41, 5.74) is 0.933. The molecule has 0 radical (unpaired) electrons. The highest BCUT2D eigenvalue weighted by Gasteiger charge is 2.22. The third kappa shape index (κ3) is 3.50. The molecule has 1 aliphatic rings. The van der Waals surface area contributed by atoms with Crippen LogP contribution in [0.1, 0.15) is 5.82 Å². The first kappa shape index (κ1) is 15.0. The number of hydrogen-bond donors (Lipinski definition) is 0. The fraction of sp³-hybridized carbons (Fsp3) is 0.375. The van der Waals surface area contributed by atoms with Crippen molar-refractivity contribution >= 4 is 0 Å². The lowest BCUT2D eigenvalue weighted by Crippen LogP contribution is -2.43. The maximum atomic E-state index is 5.80. The van der Waals surface area contributed by atoms with Crippen LogP contribution >= 0.6 is 0 Å². The molecule has 0 spiro atoms. The molecule has 1 saturated heterocycles. The van der Waals surface area contributed by atoms with Crippen molar-refractivity contribution in [1.29, 1.82) is 0 Å². The van der Waals surface area contributed by atoms with Gasteiger partial charge in [-0.2, -0.15) is 10.1 Å². The molecule has 0 unspecified atom stereocenters. The molecule has 0 saturated carbocycles. The molecule has 3 aromatic rings. The van der Waals surface area contributed by atoms with Crippen molar-refractivity contribution in [1.82, 2.24) is 29.8 Å². The molecule has 0 amide bonds. The molecular weight excluding hydrogens is 308 g/mol. The first-order valence-electron chi connectivity index (χ1n) is 7.91. The fourth-order valence-electron chi connectivity index (χ4n) is 2.79. The summed E-state index contributed by atoms with van der Waals surface area (Å²) >= 11 is 0. The topological polar surface area (TPSA) is 82.1 Å². The highest BCUT2D eigenvalue weighted by Crippen LogP contribution is 2.17. The van der Waals surface area contributed by atoms with Crippen molar-refractivity contribution < 1.29 is 9.26 Å². The molecule has 8 nitrogen and oxygen atoms in total. The second-order valence-electron chi connectivity index (χ2n) is 5.73. The van der Waals surface area contributed by atoms with Gasteiger partial charge >= 0.3 is 0 Å². The van der Waals surface area contributed by atoms with Gasteiger partial charge in [-0.1, -0.05) is 23.4 Å². The van der Waals surface area contributed by atoms with Gasteiger partial charge in [-0.05, 0) is 12.1 Å². The molecule has 0 bridgehead atoms. The summed E-state index contributed by atoms with van der Waals surface area (Å²) in [6.45, 7) is 3.67. The van der Waals surface area contributed by atoms with Crippen molar-refractivity contribution in [2.75, 3.05) is 19.7 Å². The number of morpholine rings is 1. The van der Waals surface area contributed by atoms with Crippen molar-refractivity contribution in [3.63, 3.8) is 0 Å². The maximum Gasteiger partial charge on any atom is 0.257 e. The number of nitrogens with zero attached hydrogens (tertiary/aromatic N) is 6. The van der Waals surface area contributed by atoms with Crippen molar-refractivity contribution in [2.45, 2.75) is 19.2 Å². The Morgan fingerprint density at radius 3 is 2.96 bits per heavy atom. The van der Waals surface area contributed by atoms with Gasteiger partial charge in [-0.3, -0.25) is 9.58 Å². The maximum absolute atomic E-state index is 5.80. The van der Waals surface area contributed by atoms with E-state index >= 15 is 0 Å². The van der Waals surface area contributed by atoms with E-state index in [4.69, 9.17) is 9.26 Å². The summed E-state index contributed by atoms with van der Waals surface area (Å²) < 4.78 is 12.9. The second kappa shape index (κ2) is 6.90. The van der Waals surface area contributed by atoms with Crippen LogP contribution in [0, 0.1) is 0 Å². The molecule has 24 heavy (non-hydrogen) atoms. The quantitative estimate of drug-likeness (QED) is 0.697.